The molecule has 3 rings (SSSR count). The number of pyridine rings is 1. The number of nitrogens with zero attached hydrogens (tertiary/aromatic N) is 5. The van der Waals surface area contributed by atoms with Crippen molar-refractivity contribution in [3.63, 3.8) is 0 Å². The van der Waals surface area contributed by atoms with Gasteiger partial charge in [-0.25, -0.2) is 9.97 Å². The van der Waals surface area contributed by atoms with Gasteiger partial charge >= 0.3 is 5.69 Å². The minimum atomic E-state index is -0.493. The number of benzene rings is 1. The van der Waals surface area contributed by atoms with E-state index in [4.69, 9.17) is 0 Å². The van der Waals surface area contributed by atoms with E-state index in [1.54, 1.807) is 36.5 Å². The number of nitro groups is 1. The molecule has 3 aromatic rings. The van der Waals surface area contributed by atoms with E-state index in [2.05, 4.69) is 20.3 Å². The van der Waals surface area contributed by atoms with E-state index in [1.165, 1.54) is 6.33 Å². The Morgan fingerprint density at radius 2 is 1.92 bits per heavy atom. The smallest absolute Gasteiger partial charge is 0.333 e. The fourth-order valence-electron chi connectivity index (χ4n) is 2.22. The number of hydrogen-bond donors (Lipinski definition) is 1. The van der Waals surface area contributed by atoms with Crippen molar-refractivity contribution in [3.05, 3.63) is 71.3 Å². The molecule has 0 saturated carbocycles. The first-order valence-electron chi connectivity index (χ1n) is 7.12. The first-order chi connectivity index (χ1) is 11.7. The Hall–Kier alpha value is -3.55. The zero-order valence-corrected chi connectivity index (χ0v) is 12.8. The molecule has 0 atom stereocenters. The fourth-order valence-corrected chi connectivity index (χ4v) is 2.22. The van der Waals surface area contributed by atoms with Crippen LogP contribution in [0.25, 0.3) is 0 Å². The van der Waals surface area contributed by atoms with Gasteiger partial charge in [0, 0.05) is 18.9 Å². The van der Waals surface area contributed by atoms with Gasteiger partial charge in [0.2, 0.25) is 11.6 Å². The maximum absolute atomic E-state index is 11.6. The maximum atomic E-state index is 11.6. The molecule has 0 amide bonds. The van der Waals surface area contributed by atoms with Crippen molar-refractivity contribution in [2.24, 2.45) is 0 Å². The highest BCUT2D eigenvalue weighted by Gasteiger charge is 2.26. The Morgan fingerprint density at radius 1 is 1.12 bits per heavy atom. The average molecular weight is 322 g/mol. The van der Waals surface area contributed by atoms with E-state index in [1.807, 2.05) is 30.3 Å². The highest BCUT2D eigenvalue weighted by molar-refractivity contribution is 5.77. The molecule has 2 aromatic heterocycles. The van der Waals surface area contributed by atoms with Gasteiger partial charge in [0.15, 0.2) is 0 Å². The zero-order chi connectivity index (χ0) is 16.9. The second-order valence-corrected chi connectivity index (χ2v) is 4.91. The van der Waals surface area contributed by atoms with Crippen LogP contribution in [-0.4, -0.2) is 26.9 Å². The van der Waals surface area contributed by atoms with E-state index >= 15 is 0 Å². The first kappa shape index (κ1) is 15.3. The van der Waals surface area contributed by atoms with Crippen LogP contribution in [0.15, 0.2) is 61.2 Å². The van der Waals surface area contributed by atoms with Crippen LogP contribution in [0.1, 0.15) is 0 Å². The third-order valence-corrected chi connectivity index (χ3v) is 3.37. The summed E-state index contributed by atoms with van der Waals surface area (Å²) in [6.45, 7) is 0. The number of hydrogen-bond acceptors (Lipinski definition) is 7. The van der Waals surface area contributed by atoms with Gasteiger partial charge in [0.25, 0.3) is 0 Å². The molecular formula is C16H14N6O2. The molecule has 1 N–H and O–H groups in total. The molecule has 8 nitrogen and oxygen atoms in total. The van der Waals surface area contributed by atoms with E-state index in [0.717, 1.165) is 5.69 Å². The van der Waals surface area contributed by atoms with E-state index in [0.29, 0.717) is 5.69 Å². The molecule has 8 heteroatoms. The summed E-state index contributed by atoms with van der Waals surface area (Å²) in [5.74, 6) is 0.313. The van der Waals surface area contributed by atoms with E-state index in [9.17, 15) is 10.1 Å². The van der Waals surface area contributed by atoms with Gasteiger partial charge < -0.3 is 10.2 Å². The van der Waals surface area contributed by atoms with Gasteiger partial charge in [0.1, 0.15) is 6.33 Å². The Labute approximate surface area is 138 Å². The molecule has 1 aromatic carbocycles. The zero-order valence-electron chi connectivity index (χ0n) is 12.8. The Balaban J connectivity index is 2.04. The van der Waals surface area contributed by atoms with E-state index < -0.39 is 4.92 Å². The summed E-state index contributed by atoms with van der Waals surface area (Å²) >= 11 is 0. The molecule has 0 bridgehead atoms. The topological polar surface area (TPSA) is 97.1 Å². The maximum Gasteiger partial charge on any atom is 0.354 e. The van der Waals surface area contributed by atoms with Crippen LogP contribution in [0.4, 0.5) is 28.7 Å². The van der Waals surface area contributed by atoms with Crippen LogP contribution >= 0.6 is 0 Å². The first-order valence-corrected chi connectivity index (χ1v) is 7.12. The normalized spacial score (nSPS) is 10.2. The predicted molar refractivity (Wildman–Crippen MR) is 90.7 cm³/mol. The van der Waals surface area contributed by atoms with Crippen LogP contribution in [0.3, 0.4) is 0 Å². The summed E-state index contributed by atoms with van der Waals surface area (Å²) in [7, 11) is 1.72. The minimum Gasteiger partial charge on any atom is -0.333 e. The Bertz CT molecular complexity index is 842. The lowest BCUT2D eigenvalue weighted by Crippen LogP contribution is -2.15. The van der Waals surface area contributed by atoms with Crippen molar-refractivity contribution in [3.8, 4) is 0 Å². The van der Waals surface area contributed by atoms with Crippen LogP contribution in [0.2, 0.25) is 0 Å². The van der Waals surface area contributed by atoms with Crippen molar-refractivity contribution in [1.82, 2.24) is 15.0 Å². The third-order valence-electron chi connectivity index (χ3n) is 3.37. The minimum absolute atomic E-state index is 0.112. The lowest BCUT2D eigenvalue weighted by atomic mass is 10.3. The van der Waals surface area contributed by atoms with Gasteiger partial charge in [-0.05, 0) is 24.3 Å². The summed E-state index contributed by atoms with van der Waals surface area (Å²) in [4.78, 5) is 24.9. The monoisotopic (exact) mass is 322 g/mol. The summed E-state index contributed by atoms with van der Waals surface area (Å²) in [5.41, 5.74) is 1.19. The van der Waals surface area contributed by atoms with Crippen molar-refractivity contribution in [2.75, 3.05) is 17.3 Å². The Morgan fingerprint density at radius 3 is 2.58 bits per heavy atom. The molecule has 0 fully saturated rings. The molecule has 0 spiro atoms. The quantitative estimate of drug-likeness (QED) is 0.568. The van der Waals surface area contributed by atoms with Crippen molar-refractivity contribution >= 4 is 28.7 Å². The van der Waals surface area contributed by atoms with Gasteiger partial charge in [-0.1, -0.05) is 18.2 Å². The van der Waals surface area contributed by atoms with Crippen LogP contribution in [-0.2, 0) is 0 Å². The lowest BCUT2D eigenvalue weighted by molar-refractivity contribution is -0.383. The molecule has 0 radical (unpaired) electrons. The molecule has 120 valence electrons. The Kier molecular flexibility index (Phi) is 4.28. The molecule has 0 saturated heterocycles. The molecule has 0 unspecified atom stereocenters. The summed E-state index contributed by atoms with van der Waals surface area (Å²) in [6.07, 6.45) is 4.47. The van der Waals surface area contributed by atoms with Crippen LogP contribution in [0, 0.1) is 10.1 Å². The number of nitrogens with one attached hydrogen (secondary N) is 1. The molecule has 2 heterocycles. The summed E-state index contributed by atoms with van der Waals surface area (Å²) < 4.78 is 0. The van der Waals surface area contributed by atoms with Crippen molar-refractivity contribution in [1.29, 1.82) is 0 Å². The number of para-hydroxylation sites is 1. The standard InChI is InChI=1S/C16H14N6O2/c1-21(13-7-3-2-4-8-13)16-14(22(23)24)15(18-11-19-16)20-12-6-5-9-17-10-12/h2-11H,1H3,(H,18,19,20). The second kappa shape index (κ2) is 6.69. The predicted octanol–water partition coefficient (Wildman–Crippen LogP) is 3.29. The van der Waals surface area contributed by atoms with Crippen LogP contribution < -0.4 is 10.2 Å². The summed E-state index contributed by atoms with van der Waals surface area (Å²) in [6, 6.07) is 12.8. The largest absolute Gasteiger partial charge is 0.354 e. The summed E-state index contributed by atoms with van der Waals surface area (Å²) in [5, 5.41) is 14.5. The number of rotatable bonds is 5. The van der Waals surface area contributed by atoms with Crippen molar-refractivity contribution < 1.29 is 4.92 Å². The van der Waals surface area contributed by atoms with Crippen LogP contribution in [0.5, 0.6) is 0 Å². The molecule has 0 aliphatic heterocycles. The average Bonchev–Trinajstić information content (AvgIpc) is 2.62. The lowest BCUT2D eigenvalue weighted by Gasteiger charge is -2.18. The third kappa shape index (κ3) is 3.12. The molecule has 0 aliphatic carbocycles. The number of anilines is 4. The highest BCUT2D eigenvalue weighted by atomic mass is 16.6. The van der Waals surface area contributed by atoms with Gasteiger partial charge in [-0.3, -0.25) is 15.1 Å². The second-order valence-electron chi connectivity index (χ2n) is 4.91. The van der Waals surface area contributed by atoms with Crippen molar-refractivity contribution in [2.45, 2.75) is 0 Å². The molecular weight excluding hydrogens is 308 g/mol. The van der Waals surface area contributed by atoms with Gasteiger partial charge in [-0.15, -0.1) is 0 Å². The van der Waals surface area contributed by atoms with Gasteiger partial charge in [-0.2, -0.15) is 0 Å². The SMILES string of the molecule is CN(c1ccccc1)c1ncnc(Nc2cccnc2)c1[N+](=O)[O-]. The molecule has 0 aliphatic rings. The number of aromatic nitrogens is 3. The fraction of sp³-hybridized carbons (Fsp3) is 0.0625. The van der Waals surface area contributed by atoms with E-state index in [-0.39, 0.29) is 17.3 Å². The molecule has 24 heavy (non-hydrogen) atoms. The highest BCUT2D eigenvalue weighted by Crippen LogP contribution is 2.35. The van der Waals surface area contributed by atoms with Gasteiger partial charge in [0.05, 0.1) is 16.8 Å².